The minimum atomic E-state index is -0.349. The Balaban J connectivity index is 2.33. The summed E-state index contributed by atoms with van der Waals surface area (Å²) in [4.78, 5) is 25.2. The Morgan fingerprint density at radius 3 is 2.33 bits per heavy atom. The number of nitrogens with zero attached hydrogens (tertiary/aromatic N) is 1. The minimum Gasteiger partial charge on any atom is -0.496 e. The monoisotopic (exact) mass is 355 g/mol. The average molecular weight is 355 g/mol. The van der Waals surface area contributed by atoms with Crippen LogP contribution in [-0.2, 0) is 14.3 Å². The van der Waals surface area contributed by atoms with Crippen molar-refractivity contribution < 1.29 is 28.5 Å². The Morgan fingerprint density at radius 2 is 1.75 bits per heavy atom. The molecule has 1 aromatic rings. The normalized spacial score (nSPS) is 16.9. The first-order valence-electron chi connectivity index (χ1n) is 7.33. The van der Waals surface area contributed by atoms with Gasteiger partial charge in [0.05, 0.1) is 40.6 Å². The van der Waals surface area contributed by atoms with Crippen LogP contribution in [0.15, 0.2) is 12.1 Å². The molecule has 0 bridgehead atoms. The van der Waals surface area contributed by atoms with Gasteiger partial charge in [0.25, 0.3) is 0 Å². The SMILES string of the molecule is COC(=O)CCN1C(=O)CSC1c1cc(OC)c(OC)cc1OC. The van der Waals surface area contributed by atoms with Crippen molar-refractivity contribution in [3.8, 4) is 17.2 Å². The maximum atomic E-state index is 12.2. The summed E-state index contributed by atoms with van der Waals surface area (Å²) < 4.78 is 20.7. The quantitative estimate of drug-likeness (QED) is 0.691. The molecule has 132 valence electrons. The summed E-state index contributed by atoms with van der Waals surface area (Å²) in [6.45, 7) is 0.292. The van der Waals surface area contributed by atoms with Crippen LogP contribution in [0.3, 0.4) is 0 Å². The zero-order valence-corrected chi connectivity index (χ0v) is 15.0. The van der Waals surface area contributed by atoms with E-state index in [1.54, 1.807) is 38.4 Å². The van der Waals surface area contributed by atoms with Crippen molar-refractivity contribution in [1.29, 1.82) is 0 Å². The van der Waals surface area contributed by atoms with Gasteiger partial charge < -0.3 is 23.8 Å². The fourth-order valence-electron chi connectivity index (χ4n) is 2.51. The number of benzene rings is 1. The standard InChI is InChI=1S/C16H21NO6S/c1-20-11-8-13(22-3)12(21-2)7-10(11)16-17(14(18)9-24-16)6-5-15(19)23-4/h7-8,16H,5-6,9H2,1-4H3. The van der Waals surface area contributed by atoms with Gasteiger partial charge in [-0.3, -0.25) is 9.59 Å². The van der Waals surface area contributed by atoms with Crippen molar-refractivity contribution in [3.63, 3.8) is 0 Å². The van der Waals surface area contributed by atoms with Crippen LogP contribution in [0.2, 0.25) is 0 Å². The topological polar surface area (TPSA) is 74.3 Å². The fraction of sp³-hybridized carbons (Fsp3) is 0.500. The van der Waals surface area contributed by atoms with Crippen molar-refractivity contribution in [2.45, 2.75) is 11.8 Å². The van der Waals surface area contributed by atoms with Crippen molar-refractivity contribution in [3.05, 3.63) is 17.7 Å². The van der Waals surface area contributed by atoms with Crippen LogP contribution >= 0.6 is 11.8 Å². The molecule has 1 atom stereocenters. The predicted octanol–water partition coefficient (Wildman–Crippen LogP) is 1.85. The number of rotatable bonds is 7. The lowest BCUT2D eigenvalue weighted by Crippen LogP contribution is -2.30. The maximum absolute atomic E-state index is 12.2. The second-order valence-corrected chi connectivity index (χ2v) is 6.09. The van der Waals surface area contributed by atoms with E-state index in [-0.39, 0.29) is 23.7 Å². The Kier molecular flexibility index (Phi) is 6.19. The number of hydrogen-bond acceptors (Lipinski definition) is 7. The lowest BCUT2D eigenvalue weighted by Gasteiger charge is -2.26. The molecule has 0 aliphatic carbocycles. The fourth-order valence-corrected chi connectivity index (χ4v) is 3.75. The molecule has 1 aliphatic heterocycles. The zero-order valence-electron chi connectivity index (χ0n) is 14.2. The van der Waals surface area contributed by atoms with Gasteiger partial charge in [-0.2, -0.15) is 0 Å². The molecule has 24 heavy (non-hydrogen) atoms. The summed E-state index contributed by atoms with van der Waals surface area (Å²) in [6.07, 6.45) is 0.148. The van der Waals surface area contributed by atoms with Crippen molar-refractivity contribution in [2.75, 3.05) is 40.7 Å². The number of carbonyl (C=O) groups excluding carboxylic acids is 2. The maximum Gasteiger partial charge on any atom is 0.307 e. The van der Waals surface area contributed by atoms with Crippen LogP contribution in [0, 0.1) is 0 Å². The van der Waals surface area contributed by atoms with Crippen LogP contribution in [0.4, 0.5) is 0 Å². The molecule has 2 rings (SSSR count). The molecule has 1 aromatic carbocycles. The Bertz CT molecular complexity index is 621. The largest absolute Gasteiger partial charge is 0.496 e. The van der Waals surface area contributed by atoms with Gasteiger partial charge in [0.15, 0.2) is 11.5 Å². The zero-order chi connectivity index (χ0) is 17.7. The third kappa shape index (κ3) is 3.69. The molecule has 1 fully saturated rings. The molecular weight excluding hydrogens is 334 g/mol. The Morgan fingerprint density at radius 1 is 1.12 bits per heavy atom. The molecule has 0 aromatic heterocycles. The van der Waals surface area contributed by atoms with Gasteiger partial charge in [-0.05, 0) is 6.07 Å². The first-order chi connectivity index (χ1) is 11.5. The van der Waals surface area contributed by atoms with E-state index in [1.807, 2.05) is 0 Å². The molecule has 0 radical (unpaired) electrons. The van der Waals surface area contributed by atoms with Crippen LogP contribution in [0.1, 0.15) is 17.4 Å². The summed E-state index contributed by atoms with van der Waals surface area (Å²) in [5, 5.41) is -0.253. The van der Waals surface area contributed by atoms with Gasteiger partial charge in [0.2, 0.25) is 5.91 Å². The number of amides is 1. The van der Waals surface area contributed by atoms with Gasteiger partial charge in [0.1, 0.15) is 11.1 Å². The number of ether oxygens (including phenoxy) is 4. The van der Waals surface area contributed by atoms with E-state index in [9.17, 15) is 9.59 Å². The second kappa shape index (κ2) is 8.14. The predicted molar refractivity (Wildman–Crippen MR) is 89.6 cm³/mol. The van der Waals surface area contributed by atoms with E-state index in [0.29, 0.717) is 29.5 Å². The van der Waals surface area contributed by atoms with Gasteiger partial charge in [-0.15, -0.1) is 11.8 Å². The van der Waals surface area contributed by atoms with E-state index in [1.165, 1.54) is 18.9 Å². The number of esters is 1. The average Bonchev–Trinajstić information content (AvgIpc) is 2.98. The molecule has 1 aliphatic rings. The van der Waals surface area contributed by atoms with Gasteiger partial charge in [0, 0.05) is 18.2 Å². The van der Waals surface area contributed by atoms with Crippen molar-refractivity contribution >= 4 is 23.6 Å². The molecule has 0 saturated carbocycles. The molecular formula is C16H21NO6S. The minimum absolute atomic E-state index is 0.0225. The number of methoxy groups -OCH3 is 4. The van der Waals surface area contributed by atoms with Crippen LogP contribution in [-0.4, -0.2) is 57.5 Å². The molecule has 1 heterocycles. The molecule has 1 unspecified atom stereocenters. The van der Waals surface area contributed by atoms with E-state index in [2.05, 4.69) is 4.74 Å². The highest BCUT2D eigenvalue weighted by atomic mass is 32.2. The number of carbonyl (C=O) groups is 2. The van der Waals surface area contributed by atoms with Crippen LogP contribution in [0.25, 0.3) is 0 Å². The van der Waals surface area contributed by atoms with Gasteiger partial charge in [-0.25, -0.2) is 0 Å². The highest BCUT2D eigenvalue weighted by molar-refractivity contribution is 8.00. The van der Waals surface area contributed by atoms with Gasteiger partial charge >= 0.3 is 5.97 Å². The second-order valence-electron chi connectivity index (χ2n) is 5.03. The first-order valence-corrected chi connectivity index (χ1v) is 8.38. The van der Waals surface area contributed by atoms with Crippen molar-refractivity contribution in [2.24, 2.45) is 0 Å². The van der Waals surface area contributed by atoms with Gasteiger partial charge in [-0.1, -0.05) is 0 Å². The molecule has 1 amide bonds. The summed E-state index contributed by atoms with van der Waals surface area (Å²) in [5.74, 6) is 1.68. The van der Waals surface area contributed by atoms with Crippen LogP contribution < -0.4 is 14.2 Å². The Hall–Kier alpha value is -2.09. The van der Waals surface area contributed by atoms with E-state index >= 15 is 0 Å². The van der Waals surface area contributed by atoms with E-state index < -0.39 is 0 Å². The molecule has 1 saturated heterocycles. The van der Waals surface area contributed by atoms with Crippen molar-refractivity contribution in [1.82, 2.24) is 4.90 Å². The highest BCUT2D eigenvalue weighted by Gasteiger charge is 2.35. The van der Waals surface area contributed by atoms with Crippen LogP contribution in [0.5, 0.6) is 17.2 Å². The first kappa shape index (κ1) is 18.3. The van der Waals surface area contributed by atoms with E-state index in [4.69, 9.17) is 14.2 Å². The Labute approximate surface area is 145 Å². The molecule has 8 heteroatoms. The number of thioether (sulfide) groups is 1. The third-order valence-corrected chi connectivity index (χ3v) is 4.99. The lowest BCUT2D eigenvalue weighted by atomic mass is 10.1. The third-order valence-electron chi connectivity index (χ3n) is 3.75. The lowest BCUT2D eigenvalue weighted by molar-refractivity contribution is -0.141. The number of hydrogen-bond donors (Lipinski definition) is 0. The van der Waals surface area contributed by atoms with E-state index in [0.717, 1.165) is 5.56 Å². The summed E-state index contributed by atoms with van der Waals surface area (Å²) in [7, 11) is 5.99. The summed E-state index contributed by atoms with van der Waals surface area (Å²) >= 11 is 1.48. The summed E-state index contributed by atoms with van der Waals surface area (Å²) in [5.41, 5.74) is 0.802. The molecule has 7 nitrogen and oxygen atoms in total. The summed E-state index contributed by atoms with van der Waals surface area (Å²) in [6, 6.07) is 3.54. The smallest absolute Gasteiger partial charge is 0.307 e. The highest BCUT2D eigenvalue weighted by Crippen LogP contribution is 2.46. The molecule has 0 N–H and O–H groups in total. The molecule has 0 spiro atoms.